The van der Waals surface area contributed by atoms with Gasteiger partial charge in [-0.1, -0.05) is 72.3 Å². The second kappa shape index (κ2) is 9.54. The van der Waals surface area contributed by atoms with Crippen molar-refractivity contribution in [2.24, 2.45) is 0 Å². The molecule has 0 aliphatic carbocycles. The van der Waals surface area contributed by atoms with E-state index in [2.05, 4.69) is 5.32 Å². The summed E-state index contributed by atoms with van der Waals surface area (Å²) in [7, 11) is 0. The van der Waals surface area contributed by atoms with Crippen molar-refractivity contribution >= 4 is 29.2 Å². The molecule has 0 radical (unpaired) electrons. The van der Waals surface area contributed by atoms with Crippen LogP contribution in [-0.2, 0) is 14.3 Å². The summed E-state index contributed by atoms with van der Waals surface area (Å²) in [6, 6.07) is 25.0. The monoisotopic (exact) mass is 404 g/mol. The Hall–Kier alpha value is -3.62. The second-order valence-electron chi connectivity index (χ2n) is 6.22. The SMILES string of the molecule is N#Cc1ccc(NC(=O)COC(=O)C(c2ccccc2)c2ccccc2)cc1Cl. The smallest absolute Gasteiger partial charge is 0.318 e. The van der Waals surface area contributed by atoms with Crippen molar-refractivity contribution in [1.29, 1.82) is 5.26 Å². The molecule has 144 valence electrons. The molecular weight excluding hydrogens is 388 g/mol. The van der Waals surface area contributed by atoms with Crippen LogP contribution in [0.25, 0.3) is 0 Å². The van der Waals surface area contributed by atoms with E-state index in [9.17, 15) is 9.59 Å². The van der Waals surface area contributed by atoms with Gasteiger partial charge in [0.05, 0.1) is 10.6 Å². The number of amides is 1. The summed E-state index contributed by atoms with van der Waals surface area (Å²) in [6.45, 7) is -0.438. The van der Waals surface area contributed by atoms with Gasteiger partial charge in [0, 0.05) is 5.69 Å². The third kappa shape index (κ3) is 5.22. The summed E-state index contributed by atoms with van der Waals surface area (Å²) in [5, 5.41) is 11.7. The van der Waals surface area contributed by atoms with Crippen molar-refractivity contribution in [2.45, 2.75) is 5.92 Å². The zero-order valence-corrected chi connectivity index (χ0v) is 16.1. The number of carbonyl (C=O) groups excluding carboxylic acids is 2. The zero-order valence-electron chi connectivity index (χ0n) is 15.3. The van der Waals surface area contributed by atoms with Crippen LogP contribution in [0.1, 0.15) is 22.6 Å². The number of halogens is 1. The molecule has 1 N–H and O–H groups in total. The highest BCUT2D eigenvalue weighted by molar-refractivity contribution is 6.32. The normalized spacial score (nSPS) is 10.2. The maximum absolute atomic E-state index is 12.8. The number of anilines is 1. The van der Waals surface area contributed by atoms with Crippen LogP contribution in [0.2, 0.25) is 5.02 Å². The minimum atomic E-state index is -0.630. The van der Waals surface area contributed by atoms with E-state index in [1.54, 1.807) is 6.07 Å². The lowest BCUT2D eigenvalue weighted by Gasteiger charge is -2.17. The Kier molecular flexibility index (Phi) is 6.62. The standard InChI is InChI=1S/C23H17ClN2O3/c24-20-13-19(12-11-18(20)14-25)26-21(27)15-29-23(28)22(16-7-3-1-4-8-16)17-9-5-2-6-10-17/h1-13,22H,15H2,(H,26,27). The third-order valence-electron chi connectivity index (χ3n) is 4.22. The van der Waals surface area contributed by atoms with E-state index in [-0.39, 0.29) is 5.02 Å². The van der Waals surface area contributed by atoms with Gasteiger partial charge in [0.25, 0.3) is 5.91 Å². The van der Waals surface area contributed by atoms with Gasteiger partial charge in [-0.15, -0.1) is 0 Å². The molecule has 3 rings (SSSR count). The van der Waals surface area contributed by atoms with Crippen LogP contribution in [0.3, 0.4) is 0 Å². The number of nitrogens with one attached hydrogen (secondary N) is 1. The number of ether oxygens (including phenoxy) is 1. The molecule has 1 amide bonds. The first-order valence-electron chi connectivity index (χ1n) is 8.84. The lowest BCUT2D eigenvalue weighted by atomic mass is 9.91. The highest BCUT2D eigenvalue weighted by Crippen LogP contribution is 2.26. The van der Waals surface area contributed by atoms with Gasteiger partial charge in [0.1, 0.15) is 12.0 Å². The van der Waals surface area contributed by atoms with Crippen LogP contribution >= 0.6 is 11.6 Å². The van der Waals surface area contributed by atoms with E-state index in [1.165, 1.54) is 12.1 Å². The summed E-state index contributed by atoms with van der Waals surface area (Å²) in [6.07, 6.45) is 0. The number of esters is 1. The molecule has 5 nitrogen and oxygen atoms in total. The predicted octanol–water partition coefficient (Wildman–Crippen LogP) is 4.53. The summed E-state index contributed by atoms with van der Waals surface area (Å²) in [5.41, 5.74) is 2.29. The average Bonchev–Trinajstić information content (AvgIpc) is 2.74. The summed E-state index contributed by atoms with van der Waals surface area (Å²) >= 11 is 5.96. The van der Waals surface area contributed by atoms with Crippen molar-refractivity contribution < 1.29 is 14.3 Å². The number of nitriles is 1. The van der Waals surface area contributed by atoms with Crippen molar-refractivity contribution in [3.05, 3.63) is 101 Å². The molecule has 0 saturated heterocycles. The number of benzene rings is 3. The fourth-order valence-corrected chi connectivity index (χ4v) is 3.08. The minimum Gasteiger partial charge on any atom is -0.455 e. The van der Waals surface area contributed by atoms with Crippen molar-refractivity contribution in [3.8, 4) is 6.07 Å². The molecule has 3 aromatic rings. The zero-order chi connectivity index (χ0) is 20.6. The Morgan fingerprint density at radius 1 is 0.966 bits per heavy atom. The Labute approximate surface area is 173 Å². The molecule has 0 atom stereocenters. The Morgan fingerprint density at radius 3 is 2.07 bits per heavy atom. The number of nitrogens with zero attached hydrogens (tertiary/aromatic N) is 1. The van der Waals surface area contributed by atoms with Crippen LogP contribution in [-0.4, -0.2) is 18.5 Å². The maximum atomic E-state index is 12.8. The molecule has 0 unspecified atom stereocenters. The van der Waals surface area contributed by atoms with E-state index in [0.29, 0.717) is 11.3 Å². The average molecular weight is 405 g/mol. The predicted molar refractivity (Wildman–Crippen MR) is 110 cm³/mol. The van der Waals surface area contributed by atoms with Crippen LogP contribution in [0.4, 0.5) is 5.69 Å². The van der Waals surface area contributed by atoms with E-state index in [4.69, 9.17) is 21.6 Å². The van der Waals surface area contributed by atoms with Crippen molar-refractivity contribution in [2.75, 3.05) is 11.9 Å². The fourth-order valence-electron chi connectivity index (χ4n) is 2.86. The Balaban J connectivity index is 1.68. The Morgan fingerprint density at radius 2 is 1.55 bits per heavy atom. The summed E-state index contributed by atoms with van der Waals surface area (Å²) in [5.74, 6) is -1.65. The van der Waals surface area contributed by atoms with Gasteiger partial charge in [0.15, 0.2) is 6.61 Å². The molecule has 0 aliphatic heterocycles. The first-order chi connectivity index (χ1) is 14.1. The number of carbonyl (C=O) groups is 2. The molecule has 3 aromatic carbocycles. The lowest BCUT2D eigenvalue weighted by molar-refractivity contribution is -0.147. The van der Waals surface area contributed by atoms with Crippen LogP contribution < -0.4 is 5.32 Å². The summed E-state index contributed by atoms with van der Waals surface area (Å²) in [4.78, 5) is 25.0. The molecule has 0 spiro atoms. The molecule has 0 saturated carbocycles. The maximum Gasteiger partial charge on any atom is 0.318 e. The second-order valence-corrected chi connectivity index (χ2v) is 6.62. The van der Waals surface area contributed by atoms with Crippen molar-refractivity contribution in [1.82, 2.24) is 0 Å². The van der Waals surface area contributed by atoms with E-state index < -0.39 is 24.4 Å². The van der Waals surface area contributed by atoms with Gasteiger partial charge in [-0.05, 0) is 29.3 Å². The first kappa shape index (κ1) is 20.1. The molecule has 0 aromatic heterocycles. The number of rotatable bonds is 6. The van der Waals surface area contributed by atoms with E-state index in [1.807, 2.05) is 66.7 Å². The molecule has 0 fully saturated rings. The number of hydrogen-bond acceptors (Lipinski definition) is 4. The molecule has 6 heteroatoms. The van der Waals surface area contributed by atoms with E-state index in [0.717, 1.165) is 11.1 Å². The quantitative estimate of drug-likeness (QED) is 0.612. The first-order valence-corrected chi connectivity index (χ1v) is 9.22. The van der Waals surface area contributed by atoms with Crippen LogP contribution in [0.15, 0.2) is 78.9 Å². The minimum absolute atomic E-state index is 0.232. The van der Waals surface area contributed by atoms with Gasteiger partial charge in [-0.3, -0.25) is 9.59 Å². The lowest BCUT2D eigenvalue weighted by Crippen LogP contribution is -2.24. The molecule has 0 heterocycles. The van der Waals surface area contributed by atoms with Crippen molar-refractivity contribution in [3.63, 3.8) is 0 Å². The van der Waals surface area contributed by atoms with Gasteiger partial charge >= 0.3 is 5.97 Å². The van der Waals surface area contributed by atoms with Gasteiger partial charge in [-0.2, -0.15) is 5.26 Å². The van der Waals surface area contributed by atoms with Gasteiger partial charge in [0.2, 0.25) is 0 Å². The van der Waals surface area contributed by atoms with Crippen LogP contribution in [0.5, 0.6) is 0 Å². The molecular formula is C23H17ClN2O3. The topological polar surface area (TPSA) is 79.2 Å². The highest BCUT2D eigenvalue weighted by Gasteiger charge is 2.24. The van der Waals surface area contributed by atoms with Gasteiger partial charge < -0.3 is 10.1 Å². The molecule has 0 bridgehead atoms. The molecule has 29 heavy (non-hydrogen) atoms. The Bertz CT molecular complexity index is 1010. The third-order valence-corrected chi connectivity index (χ3v) is 4.53. The number of hydrogen-bond donors (Lipinski definition) is 1. The fraction of sp³-hybridized carbons (Fsp3) is 0.0870. The van der Waals surface area contributed by atoms with Gasteiger partial charge in [-0.25, -0.2) is 0 Å². The van der Waals surface area contributed by atoms with Crippen LogP contribution in [0, 0.1) is 11.3 Å². The largest absolute Gasteiger partial charge is 0.455 e. The molecule has 0 aliphatic rings. The van der Waals surface area contributed by atoms with E-state index >= 15 is 0 Å². The highest BCUT2D eigenvalue weighted by atomic mass is 35.5. The summed E-state index contributed by atoms with van der Waals surface area (Å²) < 4.78 is 5.29.